The lowest BCUT2D eigenvalue weighted by Gasteiger charge is -2.44. The predicted octanol–water partition coefficient (Wildman–Crippen LogP) is 3.79. The van der Waals surface area contributed by atoms with E-state index in [-0.39, 0.29) is 23.1 Å². The van der Waals surface area contributed by atoms with Crippen LogP contribution in [0.1, 0.15) is 50.8 Å². The average Bonchev–Trinajstić information content (AvgIpc) is 2.99. The first-order chi connectivity index (χ1) is 14.6. The molecule has 0 radical (unpaired) electrons. The van der Waals surface area contributed by atoms with Crippen LogP contribution >= 0.6 is 22.6 Å². The third kappa shape index (κ3) is 4.31. The minimum Gasteiger partial charge on any atom is -0.444 e. The van der Waals surface area contributed by atoms with Crippen molar-refractivity contribution in [3.8, 4) is 0 Å². The highest BCUT2D eigenvalue weighted by molar-refractivity contribution is 14.1. The molecule has 2 aliphatic rings. The second kappa shape index (κ2) is 8.11. The van der Waals surface area contributed by atoms with Crippen LogP contribution in [0.15, 0.2) is 35.3 Å². The topological polar surface area (TPSA) is 76.5 Å². The lowest BCUT2D eigenvalue weighted by Crippen LogP contribution is -2.48. The van der Waals surface area contributed by atoms with Crippen LogP contribution in [0.5, 0.6) is 0 Å². The second-order valence-electron chi connectivity index (χ2n) is 9.57. The largest absolute Gasteiger partial charge is 0.444 e. The molecule has 166 valence electrons. The summed E-state index contributed by atoms with van der Waals surface area (Å²) in [5.41, 5.74) is 1.83. The van der Waals surface area contributed by atoms with E-state index in [2.05, 4.69) is 33.4 Å². The number of carbonyl (C=O) groups is 1. The van der Waals surface area contributed by atoms with Gasteiger partial charge in [0.15, 0.2) is 0 Å². The Morgan fingerprint density at radius 2 is 1.94 bits per heavy atom. The number of nitrogens with zero attached hydrogens (tertiary/aromatic N) is 3. The van der Waals surface area contributed by atoms with Gasteiger partial charge in [-0.15, -0.1) is 0 Å². The molecule has 2 aromatic rings. The van der Waals surface area contributed by atoms with Crippen molar-refractivity contribution in [1.82, 2.24) is 14.9 Å². The zero-order valence-corrected chi connectivity index (χ0v) is 20.6. The Balaban J connectivity index is 1.57. The molecule has 1 unspecified atom stereocenters. The van der Waals surface area contributed by atoms with E-state index >= 15 is 0 Å². The smallest absolute Gasteiger partial charge is 0.408 e. The van der Waals surface area contributed by atoms with Crippen molar-refractivity contribution in [2.75, 3.05) is 18.0 Å². The molecule has 1 aliphatic heterocycles. The number of alkyl carbamates (subject to hydrolysis) is 1. The number of piperidine rings is 1. The van der Waals surface area contributed by atoms with Crippen molar-refractivity contribution in [3.05, 3.63) is 55.5 Å². The summed E-state index contributed by atoms with van der Waals surface area (Å²) < 4.78 is 7.81. The van der Waals surface area contributed by atoms with Gasteiger partial charge in [-0.25, -0.2) is 9.78 Å². The van der Waals surface area contributed by atoms with Gasteiger partial charge < -0.3 is 15.0 Å². The summed E-state index contributed by atoms with van der Waals surface area (Å²) in [6.45, 7) is 7.19. The first kappa shape index (κ1) is 22.1. The number of fused-ring (bicyclic) bond motifs is 1. The molecule has 1 amide bonds. The van der Waals surface area contributed by atoms with E-state index < -0.39 is 5.60 Å². The SMILES string of the molecule is Cn1c(N2CCC3(CC2)Cc2ccccc2C3NC(=O)OC(C)(C)C)ncc(I)c1=O. The zero-order valence-electron chi connectivity index (χ0n) is 18.4. The van der Waals surface area contributed by atoms with Gasteiger partial charge in [-0.3, -0.25) is 9.36 Å². The highest BCUT2D eigenvalue weighted by atomic mass is 127. The highest BCUT2D eigenvalue weighted by Gasteiger charge is 2.49. The number of benzene rings is 1. The first-order valence-electron chi connectivity index (χ1n) is 10.6. The first-order valence-corrected chi connectivity index (χ1v) is 11.7. The molecule has 31 heavy (non-hydrogen) atoms. The number of hydrogen-bond donors (Lipinski definition) is 1. The van der Waals surface area contributed by atoms with Crippen LogP contribution < -0.4 is 15.8 Å². The number of anilines is 1. The fourth-order valence-electron chi connectivity index (χ4n) is 4.86. The summed E-state index contributed by atoms with van der Waals surface area (Å²) in [5, 5.41) is 3.18. The molecule has 1 spiro atoms. The molecule has 4 rings (SSSR count). The summed E-state index contributed by atoms with van der Waals surface area (Å²) in [4.78, 5) is 31.7. The van der Waals surface area contributed by atoms with E-state index in [1.807, 2.05) is 49.4 Å². The van der Waals surface area contributed by atoms with Crippen molar-refractivity contribution >= 4 is 34.6 Å². The molecule has 1 atom stereocenters. The Morgan fingerprint density at radius 3 is 2.61 bits per heavy atom. The Hall–Kier alpha value is -2.10. The molecule has 1 aromatic heterocycles. The summed E-state index contributed by atoms with van der Waals surface area (Å²) in [6.07, 6.45) is 3.98. The van der Waals surface area contributed by atoms with E-state index in [0.717, 1.165) is 32.4 Å². The maximum atomic E-state index is 12.7. The quantitative estimate of drug-likeness (QED) is 0.592. The summed E-state index contributed by atoms with van der Waals surface area (Å²) >= 11 is 2.02. The van der Waals surface area contributed by atoms with Crippen molar-refractivity contribution in [3.63, 3.8) is 0 Å². The van der Waals surface area contributed by atoms with Gasteiger partial charge in [0.25, 0.3) is 5.56 Å². The molecule has 0 saturated carbocycles. The Bertz CT molecular complexity index is 1050. The number of amides is 1. The van der Waals surface area contributed by atoms with Crippen molar-refractivity contribution < 1.29 is 9.53 Å². The van der Waals surface area contributed by atoms with Crippen molar-refractivity contribution in [1.29, 1.82) is 0 Å². The fourth-order valence-corrected chi connectivity index (χ4v) is 5.36. The van der Waals surface area contributed by atoms with Gasteiger partial charge in [0.05, 0.1) is 9.61 Å². The fraction of sp³-hybridized carbons (Fsp3) is 0.522. The van der Waals surface area contributed by atoms with Crippen LogP contribution in [0, 0.1) is 8.99 Å². The van der Waals surface area contributed by atoms with Gasteiger partial charge in [-0.2, -0.15) is 0 Å². The number of carbonyl (C=O) groups excluding carboxylic acids is 1. The maximum Gasteiger partial charge on any atom is 0.408 e. The highest BCUT2D eigenvalue weighted by Crippen LogP contribution is 2.52. The molecule has 1 saturated heterocycles. The molecule has 1 aliphatic carbocycles. The van der Waals surface area contributed by atoms with E-state index in [1.54, 1.807) is 17.8 Å². The Morgan fingerprint density at radius 1 is 1.26 bits per heavy atom. The van der Waals surface area contributed by atoms with Gasteiger partial charge in [0.2, 0.25) is 5.95 Å². The maximum absolute atomic E-state index is 12.7. The summed E-state index contributed by atoms with van der Waals surface area (Å²) in [6, 6.07) is 8.27. The monoisotopic (exact) mass is 536 g/mol. The standard InChI is InChI=1S/C23H29IN4O3/c1-22(2,3)31-21(30)26-18-16-8-6-5-7-15(16)13-23(18)9-11-28(12-10-23)20-25-14-17(24)19(29)27(20)4/h5-8,14,18H,9-13H2,1-4H3,(H,26,30). The molecular formula is C23H29IN4O3. The molecule has 7 nitrogen and oxygen atoms in total. The van der Waals surface area contributed by atoms with Crippen LogP contribution in [0.4, 0.5) is 10.7 Å². The molecule has 0 bridgehead atoms. The van der Waals surface area contributed by atoms with Gasteiger partial charge in [-0.1, -0.05) is 24.3 Å². The minimum absolute atomic E-state index is 0.0244. The van der Waals surface area contributed by atoms with Crippen molar-refractivity contribution in [2.45, 2.75) is 51.7 Å². The third-order valence-electron chi connectivity index (χ3n) is 6.33. The molecule has 1 aromatic carbocycles. The van der Waals surface area contributed by atoms with Crippen LogP contribution in [0.3, 0.4) is 0 Å². The van der Waals surface area contributed by atoms with E-state index in [0.29, 0.717) is 9.52 Å². The molecule has 2 heterocycles. The molecule has 8 heteroatoms. The van der Waals surface area contributed by atoms with E-state index in [9.17, 15) is 9.59 Å². The summed E-state index contributed by atoms with van der Waals surface area (Å²) in [5.74, 6) is 0.701. The average molecular weight is 536 g/mol. The number of halogens is 1. The number of aromatic nitrogens is 2. The van der Waals surface area contributed by atoms with Gasteiger partial charge in [-0.05, 0) is 73.8 Å². The molecule has 1 fully saturated rings. The van der Waals surface area contributed by atoms with E-state index in [4.69, 9.17) is 4.74 Å². The normalized spacial score (nSPS) is 19.9. The lowest BCUT2D eigenvalue weighted by atomic mass is 9.73. The van der Waals surface area contributed by atoms with Crippen molar-refractivity contribution in [2.24, 2.45) is 12.5 Å². The van der Waals surface area contributed by atoms with Gasteiger partial charge in [0.1, 0.15) is 5.60 Å². The Labute approximate surface area is 196 Å². The zero-order chi connectivity index (χ0) is 22.4. The minimum atomic E-state index is -0.542. The van der Waals surface area contributed by atoms with Crippen LogP contribution in [-0.4, -0.2) is 34.3 Å². The summed E-state index contributed by atoms with van der Waals surface area (Å²) in [7, 11) is 1.77. The Kier molecular flexibility index (Phi) is 5.78. The van der Waals surface area contributed by atoms with Gasteiger partial charge >= 0.3 is 6.09 Å². The third-order valence-corrected chi connectivity index (χ3v) is 7.07. The molecular weight excluding hydrogens is 507 g/mol. The van der Waals surface area contributed by atoms with Crippen LogP contribution in [0.25, 0.3) is 0 Å². The van der Waals surface area contributed by atoms with E-state index in [1.165, 1.54) is 11.1 Å². The van der Waals surface area contributed by atoms with Crippen LogP contribution in [-0.2, 0) is 18.2 Å². The predicted molar refractivity (Wildman–Crippen MR) is 128 cm³/mol. The lowest BCUT2D eigenvalue weighted by molar-refractivity contribution is 0.0427. The number of ether oxygens (including phenoxy) is 1. The number of hydrogen-bond acceptors (Lipinski definition) is 5. The number of rotatable bonds is 2. The van der Waals surface area contributed by atoms with Crippen LogP contribution in [0.2, 0.25) is 0 Å². The second-order valence-corrected chi connectivity index (χ2v) is 10.7. The molecule has 1 N–H and O–H groups in total. The van der Waals surface area contributed by atoms with Gasteiger partial charge in [0, 0.05) is 31.7 Å². The number of nitrogens with one attached hydrogen (secondary N) is 1.